The van der Waals surface area contributed by atoms with Crippen molar-refractivity contribution in [1.82, 2.24) is 4.98 Å². The average molecular weight is 334 g/mol. The number of hydrogen-bond donors (Lipinski definition) is 2. The van der Waals surface area contributed by atoms with E-state index in [4.69, 9.17) is 4.74 Å². The van der Waals surface area contributed by atoms with Crippen LogP contribution in [0.25, 0.3) is 0 Å². The zero-order valence-electron chi connectivity index (χ0n) is 10.7. The van der Waals surface area contributed by atoms with Gasteiger partial charge >= 0.3 is 0 Å². The lowest BCUT2D eigenvalue weighted by molar-refractivity contribution is -0.116. The van der Waals surface area contributed by atoms with Crippen LogP contribution in [0, 0.1) is 0 Å². The molecule has 1 aromatic carbocycles. The molecule has 0 saturated heterocycles. The van der Waals surface area contributed by atoms with Gasteiger partial charge in [-0.1, -0.05) is 22.0 Å². The summed E-state index contributed by atoms with van der Waals surface area (Å²) >= 11 is 3.48. The molecule has 0 saturated carbocycles. The molecule has 0 fully saturated rings. The lowest BCUT2D eigenvalue weighted by Crippen LogP contribution is -2.20. The monoisotopic (exact) mass is 333 g/mol. The highest BCUT2D eigenvalue weighted by molar-refractivity contribution is 9.10. The van der Waals surface area contributed by atoms with Crippen LogP contribution in [-0.2, 0) is 4.79 Å². The largest absolute Gasteiger partial charge is 0.481 e. The number of methoxy groups -OCH3 is 1. The van der Waals surface area contributed by atoms with E-state index in [0.717, 1.165) is 21.4 Å². The van der Waals surface area contributed by atoms with Gasteiger partial charge in [-0.15, -0.1) is 0 Å². The second-order valence-corrected chi connectivity index (χ2v) is 5.21. The molecule has 0 spiro atoms. The van der Waals surface area contributed by atoms with Crippen molar-refractivity contribution in [2.24, 2.45) is 0 Å². The minimum absolute atomic E-state index is 0.0808. The van der Waals surface area contributed by atoms with Crippen molar-refractivity contribution in [2.45, 2.75) is 6.04 Å². The van der Waals surface area contributed by atoms with E-state index >= 15 is 0 Å². The van der Waals surface area contributed by atoms with Gasteiger partial charge in [0.25, 0.3) is 5.91 Å². The van der Waals surface area contributed by atoms with Crippen LogP contribution < -0.4 is 15.4 Å². The van der Waals surface area contributed by atoms with E-state index in [1.54, 1.807) is 19.4 Å². The Labute approximate surface area is 124 Å². The molecular weight excluding hydrogens is 322 g/mol. The van der Waals surface area contributed by atoms with Crippen molar-refractivity contribution < 1.29 is 9.53 Å². The van der Waals surface area contributed by atoms with Gasteiger partial charge in [0.15, 0.2) is 0 Å². The van der Waals surface area contributed by atoms with Crippen LogP contribution in [0.2, 0.25) is 0 Å². The summed E-state index contributed by atoms with van der Waals surface area (Å²) in [5.41, 5.74) is 2.49. The Bertz CT molecular complexity index is 658. The molecule has 2 aromatic rings. The number of anilines is 2. The van der Waals surface area contributed by atoms with E-state index in [1.165, 1.54) is 0 Å². The maximum absolute atomic E-state index is 12.1. The number of hydrogen-bond acceptors (Lipinski definition) is 4. The van der Waals surface area contributed by atoms with Gasteiger partial charge in [-0.2, -0.15) is 0 Å². The van der Waals surface area contributed by atoms with Crippen molar-refractivity contribution in [3.8, 4) is 5.88 Å². The number of nitrogens with one attached hydrogen (secondary N) is 2. The Balaban J connectivity index is 1.89. The van der Waals surface area contributed by atoms with Gasteiger partial charge in [0.05, 0.1) is 19.0 Å². The Morgan fingerprint density at radius 3 is 2.90 bits per heavy atom. The van der Waals surface area contributed by atoms with Crippen molar-refractivity contribution in [3.63, 3.8) is 0 Å². The number of rotatable bonds is 3. The summed E-state index contributed by atoms with van der Waals surface area (Å²) in [6.45, 7) is 0. The van der Waals surface area contributed by atoms with Crippen LogP contribution in [0.5, 0.6) is 5.88 Å². The third kappa shape index (κ3) is 2.22. The summed E-state index contributed by atoms with van der Waals surface area (Å²) in [5.74, 6) is 0.454. The maximum Gasteiger partial charge on any atom is 0.251 e. The van der Waals surface area contributed by atoms with Gasteiger partial charge in [-0.05, 0) is 18.2 Å². The fourth-order valence-electron chi connectivity index (χ4n) is 2.17. The first-order valence-corrected chi connectivity index (χ1v) is 6.84. The molecule has 102 valence electrons. The smallest absolute Gasteiger partial charge is 0.251 e. The predicted octanol–water partition coefficient (Wildman–Crippen LogP) is 2.96. The van der Waals surface area contributed by atoms with E-state index in [0.29, 0.717) is 5.88 Å². The molecular formula is C14H12BrN3O2. The van der Waals surface area contributed by atoms with Gasteiger partial charge in [0, 0.05) is 21.8 Å². The lowest BCUT2D eigenvalue weighted by Gasteiger charge is -2.14. The number of fused-ring (bicyclic) bond motifs is 1. The first kappa shape index (κ1) is 12.9. The van der Waals surface area contributed by atoms with Crippen LogP contribution in [0.4, 0.5) is 11.4 Å². The van der Waals surface area contributed by atoms with E-state index in [-0.39, 0.29) is 5.91 Å². The fraction of sp³-hybridized carbons (Fsp3) is 0.143. The van der Waals surface area contributed by atoms with Crippen LogP contribution in [0.15, 0.2) is 41.0 Å². The lowest BCUT2D eigenvalue weighted by atomic mass is 10.1. The molecule has 3 rings (SSSR count). The fourth-order valence-corrected chi connectivity index (χ4v) is 2.76. The van der Waals surface area contributed by atoms with Crippen molar-refractivity contribution in [1.29, 1.82) is 0 Å². The summed E-state index contributed by atoms with van der Waals surface area (Å²) in [5, 5.41) is 6.03. The number of carbonyl (C=O) groups is 1. The maximum atomic E-state index is 12.1. The number of ether oxygens (including phenoxy) is 1. The molecule has 2 heterocycles. The third-order valence-electron chi connectivity index (χ3n) is 3.12. The predicted molar refractivity (Wildman–Crippen MR) is 79.9 cm³/mol. The Morgan fingerprint density at radius 2 is 2.20 bits per heavy atom. The highest BCUT2D eigenvalue weighted by Gasteiger charge is 2.32. The summed E-state index contributed by atoms with van der Waals surface area (Å²) in [6, 6.07) is 8.83. The molecule has 1 aromatic heterocycles. The number of halogens is 1. The van der Waals surface area contributed by atoms with Gasteiger partial charge in [-0.3, -0.25) is 4.79 Å². The molecule has 1 aliphatic rings. The number of pyridine rings is 1. The average Bonchev–Trinajstić information content (AvgIpc) is 2.77. The summed E-state index contributed by atoms with van der Waals surface area (Å²) < 4.78 is 5.91. The van der Waals surface area contributed by atoms with E-state index in [1.807, 2.05) is 24.3 Å². The number of nitrogens with zero attached hydrogens (tertiary/aromatic N) is 1. The minimum Gasteiger partial charge on any atom is -0.481 e. The number of benzene rings is 1. The van der Waals surface area contributed by atoms with Gasteiger partial charge in [0.1, 0.15) is 6.04 Å². The molecule has 0 radical (unpaired) electrons. The molecule has 1 atom stereocenters. The molecule has 1 aliphatic heterocycles. The van der Waals surface area contributed by atoms with Gasteiger partial charge in [0.2, 0.25) is 5.88 Å². The molecule has 5 nitrogen and oxygen atoms in total. The zero-order valence-corrected chi connectivity index (χ0v) is 12.3. The molecule has 6 heteroatoms. The van der Waals surface area contributed by atoms with E-state index in [2.05, 4.69) is 31.5 Å². The molecule has 2 N–H and O–H groups in total. The minimum atomic E-state index is -0.434. The molecule has 20 heavy (non-hydrogen) atoms. The number of carbonyl (C=O) groups excluding carboxylic acids is 1. The van der Waals surface area contributed by atoms with Crippen LogP contribution in [0.1, 0.15) is 11.6 Å². The molecule has 0 bridgehead atoms. The van der Waals surface area contributed by atoms with Gasteiger partial charge < -0.3 is 15.4 Å². The first-order chi connectivity index (χ1) is 9.69. The van der Waals surface area contributed by atoms with Gasteiger partial charge in [-0.25, -0.2) is 4.98 Å². The molecule has 1 amide bonds. The quantitative estimate of drug-likeness (QED) is 0.906. The second kappa shape index (κ2) is 5.13. The summed E-state index contributed by atoms with van der Waals surface area (Å²) in [6.07, 6.45) is 1.64. The molecule has 1 unspecified atom stereocenters. The van der Waals surface area contributed by atoms with Crippen LogP contribution >= 0.6 is 15.9 Å². The van der Waals surface area contributed by atoms with E-state index in [9.17, 15) is 4.79 Å². The normalized spacial score (nSPS) is 16.5. The van der Waals surface area contributed by atoms with Crippen molar-refractivity contribution in [3.05, 3.63) is 46.6 Å². The topological polar surface area (TPSA) is 63.2 Å². The zero-order chi connectivity index (χ0) is 14.1. The van der Waals surface area contributed by atoms with Crippen LogP contribution in [-0.4, -0.2) is 18.0 Å². The highest BCUT2D eigenvalue weighted by Crippen LogP contribution is 2.38. The number of amides is 1. The third-order valence-corrected chi connectivity index (χ3v) is 3.81. The van der Waals surface area contributed by atoms with Crippen molar-refractivity contribution >= 4 is 33.2 Å². The SMILES string of the molecule is COc1ccc(NC2C(=O)Nc3cccc(Br)c32)cn1. The molecule has 0 aliphatic carbocycles. The van der Waals surface area contributed by atoms with Crippen LogP contribution in [0.3, 0.4) is 0 Å². The summed E-state index contributed by atoms with van der Waals surface area (Å²) in [7, 11) is 1.56. The van der Waals surface area contributed by atoms with Crippen molar-refractivity contribution in [2.75, 3.05) is 17.7 Å². The number of aromatic nitrogens is 1. The van der Waals surface area contributed by atoms with E-state index < -0.39 is 6.04 Å². The first-order valence-electron chi connectivity index (χ1n) is 6.05. The Kier molecular flexibility index (Phi) is 3.31. The highest BCUT2D eigenvalue weighted by atomic mass is 79.9. The summed E-state index contributed by atoms with van der Waals surface area (Å²) in [4.78, 5) is 16.2. The second-order valence-electron chi connectivity index (χ2n) is 4.36. The Hall–Kier alpha value is -2.08. The Morgan fingerprint density at radius 1 is 1.35 bits per heavy atom. The standard InChI is InChI=1S/C14H12BrN3O2/c1-20-11-6-5-8(7-16-11)17-13-12-9(15)3-2-4-10(12)18-14(13)19/h2-7,13,17H,1H3,(H,18,19).